The second-order valence-corrected chi connectivity index (χ2v) is 4.96. The number of rotatable bonds is 3. The number of hydrogen-bond donors (Lipinski definition) is 2. The van der Waals surface area contributed by atoms with Gasteiger partial charge in [0.1, 0.15) is 0 Å². The van der Waals surface area contributed by atoms with Crippen LogP contribution in [-0.2, 0) is 9.63 Å². The summed E-state index contributed by atoms with van der Waals surface area (Å²) in [7, 11) is 0. The highest BCUT2D eigenvalue weighted by molar-refractivity contribution is 9.10. The van der Waals surface area contributed by atoms with Gasteiger partial charge in [0.25, 0.3) is 0 Å². The first-order valence-corrected chi connectivity index (χ1v) is 6.57. The Morgan fingerprint density at radius 1 is 1.33 bits per heavy atom. The van der Waals surface area contributed by atoms with Crippen molar-refractivity contribution in [2.45, 2.75) is 6.10 Å². The molecule has 1 heterocycles. The maximum Gasteiger partial charge on any atom is 0.358 e. The van der Waals surface area contributed by atoms with Gasteiger partial charge in [-0.2, -0.15) is 0 Å². The van der Waals surface area contributed by atoms with Crippen molar-refractivity contribution in [3.63, 3.8) is 0 Å². The molecule has 2 N–H and O–H groups in total. The van der Waals surface area contributed by atoms with Crippen molar-refractivity contribution in [3.05, 3.63) is 34.3 Å². The summed E-state index contributed by atoms with van der Waals surface area (Å²) in [5, 5.41) is 14.6. The summed E-state index contributed by atoms with van der Waals surface area (Å²) in [5.74, 6) is -0.640. The molecule has 6 heteroatoms. The fraction of sp³-hybridized carbons (Fsp3) is 0.417. The first-order valence-electron chi connectivity index (χ1n) is 5.78. The van der Waals surface area contributed by atoms with Crippen LogP contribution in [0.2, 0.25) is 0 Å². The second-order valence-electron chi connectivity index (χ2n) is 4.04. The molecule has 0 aliphatic carbocycles. The van der Waals surface area contributed by atoms with Gasteiger partial charge < -0.3 is 15.3 Å². The summed E-state index contributed by atoms with van der Waals surface area (Å²) in [6.07, 6.45) is -1.24. The lowest BCUT2D eigenvalue weighted by Gasteiger charge is -2.26. The Balaban J connectivity index is 1.93. The molecule has 1 aromatic carbocycles. The minimum absolute atomic E-state index is 0.526. The highest BCUT2D eigenvalue weighted by Crippen LogP contribution is 2.18. The Morgan fingerprint density at radius 2 is 1.94 bits per heavy atom. The molecule has 1 saturated heterocycles. The van der Waals surface area contributed by atoms with E-state index in [1.165, 1.54) is 0 Å². The van der Waals surface area contributed by atoms with Gasteiger partial charge in [-0.25, -0.2) is 4.79 Å². The zero-order chi connectivity index (χ0) is 13.0. The SMILES string of the molecule is O=C(ON1CCNCC1)C(O)c1ccc(Br)cc1. The first kappa shape index (κ1) is 13.5. The van der Waals surface area contributed by atoms with Gasteiger partial charge in [-0.3, -0.25) is 0 Å². The molecular weight excluding hydrogens is 300 g/mol. The molecule has 0 spiro atoms. The summed E-state index contributed by atoms with van der Waals surface area (Å²) in [5.41, 5.74) is 0.526. The number of benzene rings is 1. The summed E-state index contributed by atoms with van der Waals surface area (Å²) < 4.78 is 0.897. The maximum atomic E-state index is 11.8. The number of nitrogens with zero attached hydrogens (tertiary/aromatic N) is 1. The molecule has 0 saturated carbocycles. The van der Waals surface area contributed by atoms with E-state index < -0.39 is 12.1 Å². The van der Waals surface area contributed by atoms with Crippen LogP contribution >= 0.6 is 15.9 Å². The Hall–Kier alpha value is -0.950. The van der Waals surface area contributed by atoms with Crippen LogP contribution in [0.25, 0.3) is 0 Å². The van der Waals surface area contributed by atoms with Gasteiger partial charge in [0.15, 0.2) is 6.10 Å². The second kappa shape index (κ2) is 6.29. The molecule has 18 heavy (non-hydrogen) atoms. The van der Waals surface area contributed by atoms with Gasteiger partial charge in [-0.15, -0.1) is 5.06 Å². The molecule has 0 bridgehead atoms. The van der Waals surface area contributed by atoms with Gasteiger partial charge >= 0.3 is 5.97 Å². The third-order valence-corrected chi connectivity index (χ3v) is 3.23. The summed E-state index contributed by atoms with van der Waals surface area (Å²) in [6, 6.07) is 6.93. The Morgan fingerprint density at radius 3 is 2.56 bits per heavy atom. The zero-order valence-corrected chi connectivity index (χ0v) is 11.4. The lowest BCUT2D eigenvalue weighted by molar-refractivity contribution is -0.202. The number of aliphatic hydroxyl groups excluding tert-OH is 1. The van der Waals surface area contributed by atoms with E-state index in [4.69, 9.17) is 4.84 Å². The van der Waals surface area contributed by atoms with Gasteiger partial charge in [0, 0.05) is 30.7 Å². The van der Waals surface area contributed by atoms with E-state index >= 15 is 0 Å². The summed E-state index contributed by atoms with van der Waals surface area (Å²) in [4.78, 5) is 16.9. The molecule has 0 amide bonds. The number of nitrogens with one attached hydrogen (secondary N) is 1. The quantitative estimate of drug-likeness (QED) is 0.866. The van der Waals surface area contributed by atoms with Crippen molar-refractivity contribution in [1.29, 1.82) is 0 Å². The molecular formula is C12H15BrN2O3. The third kappa shape index (κ3) is 3.52. The molecule has 1 unspecified atom stereocenters. The van der Waals surface area contributed by atoms with Crippen LogP contribution < -0.4 is 5.32 Å². The maximum absolute atomic E-state index is 11.8. The van der Waals surface area contributed by atoms with E-state index in [0.29, 0.717) is 18.7 Å². The van der Waals surface area contributed by atoms with Crippen LogP contribution in [0.1, 0.15) is 11.7 Å². The lowest BCUT2D eigenvalue weighted by Crippen LogP contribution is -2.44. The molecule has 0 radical (unpaired) electrons. The molecule has 98 valence electrons. The van der Waals surface area contributed by atoms with Crippen LogP contribution in [0.3, 0.4) is 0 Å². The van der Waals surface area contributed by atoms with Crippen LogP contribution in [0, 0.1) is 0 Å². The van der Waals surface area contributed by atoms with Crippen LogP contribution in [0.4, 0.5) is 0 Å². The number of carbonyl (C=O) groups is 1. The predicted molar refractivity (Wildman–Crippen MR) is 69.6 cm³/mol. The van der Waals surface area contributed by atoms with Crippen molar-refractivity contribution >= 4 is 21.9 Å². The number of hydroxylamine groups is 2. The van der Waals surface area contributed by atoms with Crippen molar-refractivity contribution < 1.29 is 14.7 Å². The smallest absolute Gasteiger partial charge is 0.358 e. The van der Waals surface area contributed by atoms with Crippen LogP contribution in [0.5, 0.6) is 0 Å². The Labute approximate surface area is 114 Å². The van der Waals surface area contributed by atoms with Gasteiger partial charge in [0.05, 0.1) is 0 Å². The molecule has 1 atom stereocenters. The van der Waals surface area contributed by atoms with Crippen molar-refractivity contribution in [2.75, 3.05) is 26.2 Å². The van der Waals surface area contributed by atoms with Crippen LogP contribution in [-0.4, -0.2) is 42.3 Å². The molecule has 1 aromatic rings. The molecule has 0 aromatic heterocycles. The van der Waals surface area contributed by atoms with E-state index in [0.717, 1.165) is 17.6 Å². The highest BCUT2D eigenvalue weighted by Gasteiger charge is 2.23. The van der Waals surface area contributed by atoms with Crippen molar-refractivity contribution in [2.24, 2.45) is 0 Å². The number of hydrogen-bond acceptors (Lipinski definition) is 5. The lowest BCUT2D eigenvalue weighted by atomic mass is 10.1. The van der Waals surface area contributed by atoms with Crippen LogP contribution in [0.15, 0.2) is 28.7 Å². The molecule has 1 aliphatic rings. The summed E-state index contributed by atoms with van der Waals surface area (Å²) >= 11 is 3.30. The van der Waals surface area contributed by atoms with E-state index in [-0.39, 0.29) is 0 Å². The number of piperazine rings is 1. The van der Waals surface area contributed by atoms with Crippen molar-refractivity contribution in [3.8, 4) is 0 Å². The van der Waals surface area contributed by atoms with Crippen molar-refractivity contribution in [1.82, 2.24) is 10.4 Å². The fourth-order valence-corrected chi connectivity index (χ4v) is 1.96. The minimum Gasteiger partial charge on any atom is -0.377 e. The molecule has 1 fully saturated rings. The average molecular weight is 315 g/mol. The topological polar surface area (TPSA) is 61.8 Å². The third-order valence-electron chi connectivity index (χ3n) is 2.70. The predicted octanol–water partition coefficient (Wildman–Crippen LogP) is 0.846. The van der Waals surface area contributed by atoms with Gasteiger partial charge in [-0.05, 0) is 17.7 Å². The fourth-order valence-electron chi connectivity index (χ4n) is 1.69. The highest BCUT2D eigenvalue weighted by atomic mass is 79.9. The number of halogens is 1. The monoisotopic (exact) mass is 314 g/mol. The van der Waals surface area contributed by atoms with E-state index in [1.54, 1.807) is 29.3 Å². The Kier molecular flexibility index (Phi) is 4.71. The number of aliphatic hydroxyl groups is 1. The zero-order valence-electron chi connectivity index (χ0n) is 9.80. The standard InChI is InChI=1S/C12H15BrN2O3/c13-10-3-1-9(2-4-10)11(16)12(17)18-15-7-5-14-6-8-15/h1-4,11,14,16H,5-8H2. The van der Waals surface area contributed by atoms with E-state index in [9.17, 15) is 9.90 Å². The van der Waals surface area contributed by atoms with Gasteiger partial charge in [0.2, 0.25) is 0 Å². The number of carbonyl (C=O) groups excluding carboxylic acids is 1. The average Bonchev–Trinajstić information content (AvgIpc) is 2.40. The minimum atomic E-state index is -1.24. The Bertz CT molecular complexity index is 404. The molecule has 5 nitrogen and oxygen atoms in total. The normalized spacial score (nSPS) is 18.3. The largest absolute Gasteiger partial charge is 0.377 e. The summed E-state index contributed by atoms with van der Waals surface area (Å²) in [6.45, 7) is 2.83. The van der Waals surface area contributed by atoms with Gasteiger partial charge in [-0.1, -0.05) is 28.1 Å². The first-order chi connectivity index (χ1) is 8.66. The van der Waals surface area contributed by atoms with E-state index in [2.05, 4.69) is 21.2 Å². The van der Waals surface area contributed by atoms with E-state index in [1.807, 2.05) is 0 Å². The molecule has 1 aliphatic heterocycles. The molecule has 2 rings (SSSR count).